The van der Waals surface area contributed by atoms with E-state index in [-0.39, 0.29) is 0 Å². The van der Waals surface area contributed by atoms with Crippen LogP contribution < -0.4 is 10.6 Å². The van der Waals surface area contributed by atoms with Crippen LogP contribution in [0.15, 0.2) is 0 Å². The second-order valence-electron chi connectivity index (χ2n) is 6.39. The third-order valence-corrected chi connectivity index (χ3v) is 4.95. The molecule has 94 valence electrons. The molecule has 2 N–H and O–H groups in total. The molecule has 2 atom stereocenters. The first-order valence-electron chi connectivity index (χ1n) is 7.05. The summed E-state index contributed by atoms with van der Waals surface area (Å²) in [5.74, 6) is 2.59. The molecular formula is C14H28N2. The maximum absolute atomic E-state index is 3.68. The van der Waals surface area contributed by atoms with E-state index in [1.165, 1.54) is 45.4 Å². The molecule has 1 heterocycles. The van der Waals surface area contributed by atoms with E-state index in [1.807, 2.05) is 0 Å². The number of rotatable bonds is 5. The minimum Gasteiger partial charge on any atom is -0.317 e. The molecular weight excluding hydrogens is 196 g/mol. The van der Waals surface area contributed by atoms with Crippen LogP contribution in [0.3, 0.4) is 0 Å². The molecule has 2 rings (SSSR count). The van der Waals surface area contributed by atoms with Gasteiger partial charge in [0.25, 0.3) is 0 Å². The third kappa shape index (κ3) is 2.78. The molecule has 2 heteroatoms. The first kappa shape index (κ1) is 12.4. The maximum Gasteiger partial charge on any atom is -0.00149 e. The molecule has 2 unspecified atom stereocenters. The number of piperidine rings is 1. The lowest BCUT2D eigenvalue weighted by atomic mass is 9.92. The van der Waals surface area contributed by atoms with Gasteiger partial charge in [0.15, 0.2) is 0 Å². The van der Waals surface area contributed by atoms with Gasteiger partial charge < -0.3 is 10.6 Å². The van der Waals surface area contributed by atoms with Crippen molar-refractivity contribution in [3.63, 3.8) is 0 Å². The van der Waals surface area contributed by atoms with E-state index in [4.69, 9.17) is 0 Å². The average Bonchev–Trinajstić information content (AvgIpc) is 2.91. The van der Waals surface area contributed by atoms with E-state index >= 15 is 0 Å². The lowest BCUT2D eigenvalue weighted by Gasteiger charge is -2.24. The van der Waals surface area contributed by atoms with Crippen molar-refractivity contribution in [3.05, 3.63) is 0 Å². The van der Waals surface area contributed by atoms with Crippen LogP contribution in [0.2, 0.25) is 0 Å². The van der Waals surface area contributed by atoms with E-state index in [0.717, 1.165) is 23.2 Å². The summed E-state index contributed by atoms with van der Waals surface area (Å²) in [4.78, 5) is 0. The highest BCUT2D eigenvalue weighted by Crippen LogP contribution is 2.58. The molecule has 0 amide bonds. The van der Waals surface area contributed by atoms with Crippen LogP contribution in [0.4, 0.5) is 0 Å². The van der Waals surface area contributed by atoms with Crippen LogP contribution in [0, 0.1) is 23.2 Å². The molecule has 1 aliphatic carbocycles. The topological polar surface area (TPSA) is 24.1 Å². The van der Waals surface area contributed by atoms with Gasteiger partial charge in [-0.2, -0.15) is 0 Å². The molecule has 0 aromatic carbocycles. The Morgan fingerprint density at radius 1 is 1.25 bits per heavy atom. The van der Waals surface area contributed by atoms with Crippen LogP contribution >= 0.6 is 0 Å². The third-order valence-electron chi connectivity index (χ3n) is 4.95. The highest BCUT2D eigenvalue weighted by Gasteiger charge is 2.52. The number of nitrogens with one attached hydrogen (secondary N) is 2. The van der Waals surface area contributed by atoms with Crippen molar-refractivity contribution in [2.45, 2.75) is 40.0 Å². The van der Waals surface area contributed by atoms with Crippen molar-refractivity contribution < 1.29 is 0 Å². The summed E-state index contributed by atoms with van der Waals surface area (Å²) < 4.78 is 0. The average molecular weight is 224 g/mol. The Bertz CT molecular complexity index is 219. The van der Waals surface area contributed by atoms with Crippen molar-refractivity contribution in [2.75, 3.05) is 26.2 Å². The summed E-state index contributed by atoms with van der Waals surface area (Å²) in [6, 6.07) is 0. The van der Waals surface area contributed by atoms with Crippen LogP contribution in [-0.4, -0.2) is 26.2 Å². The second kappa shape index (κ2) is 5.05. The molecule has 1 saturated carbocycles. The van der Waals surface area contributed by atoms with E-state index in [0.29, 0.717) is 0 Å². The highest BCUT2D eigenvalue weighted by molar-refractivity contribution is 5.04. The summed E-state index contributed by atoms with van der Waals surface area (Å²) in [5.41, 5.74) is 0.749. The van der Waals surface area contributed by atoms with Gasteiger partial charge in [0.05, 0.1) is 0 Å². The zero-order valence-corrected chi connectivity index (χ0v) is 11.2. The Morgan fingerprint density at radius 2 is 1.94 bits per heavy atom. The fourth-order valence-corrected chi connectivity index (χ4v) is 2.98. The minimum atomic E-state index is 0.749. The van der Waals surface area contributed by atoms with Gasteiger partial charge in [0.1, 0.15) is 0 Å². The van der Waals surface area contributed by atoms with Gasteiger partial charge in [-0.15, -0.1) is 0 Å². The predicted molar refractivity (Wildman–Crippen MR) is 69.5 cm³/mol. The lowest BCUT2D eigenvalue weighted by molar-refractivity contribution is 0.313. The Hall–Kier alpha value is -0.0800. The number of hydrogen-bond donors (Lipinski definition) is 2. The van der Waals surface area contributed by atoms with E-state index < -0.39 is 0 Å². The molecule has 1 spiro atoms. The Kier molecular flexibility index (Phi) is 3.91. The quantitative estimate of drug-likeness (QED) is 0.748. The van der Waals surface area contributed by atoms with Crippen molar-refractivity contribution in [1.29, 1.82) is 0 Å². The Labute approximate surface area is 101 Å². The number of hydrogen-bond acceptors (Lipinski definition) is 2. The van der Waals surface area contributed by atoms with Crippen LogP contribution in [0.5, 0.6) is 0 Å². The van der Waals surface area contributed by atoms with Gasteiger partial charge in [-0.05, 0) is 68.6 Å². The van der Waals surface area contributed by atoms with Crippen molar-refractivity contribution >= 4 is 0 Å². The zero-order valence-electron chi connectivity index (χ0n) is 11.2. The summed E-state index contributed by atoms with van der Waals surface area (Å²) in [6.45, 7) is 11.9. The van der Waals surface area contributed by atoms with E-state index in [1.54, 1.807) is 0 Å². The van der Waals surface area contributed by atoms with Gasteiger partial charge in [-0.25, -0.2) is 0 Å². The maximum atomic E-state index is 3.68. The zero-order chi connectivity index (χ0) is 11.6. The first-order chi connectivity index (χ1) is 7.64. The largest absolute Gasteiger partial charge is 0.317 e. The normalized spacial score (nSPS) is 29.6. The lowest BCUT2D eigenvalue weighted by Crippen LogP contribution is -2.32. The molecule has 2 nitrogen and oxygen atoms in total. The fourth-order valence-electron chi connectivity index (χ4n) is 2.98. The van der Waals surface area contributed by atoms with Crippen molar-refractivity contribution in [2.24, 2.45) is 23.2 Å². The van der Waals surface area contributed by atoms with Crippen LogP contribution in [0.25, 0.3) is 0 Å². The van der Waals surface area contributed by atoms with Crippen molar-refractivity contribution in [1.82, 2.24) is 10.6 Å². The van der Waals surface area contributed by atoms with E-state index in [2.05, 4.69) is 31.4 Å². The van der Waals surface area contributed by atoms with Crippen LogP contribution in [0.1, 0.15) is 40.0 Å². The van der Waals surface area contributed by atoms with Gasteiger partial charge >= 0.3 is 0 Å². The smallest absolute Gasteiger partial charge is 0.00149 e. The predicted octanol–water partition coefficient (Wildman–Crippen LogP) is 2.26. The summed E-state index contributed by atoms with van der Waals surface area (Å²) in [7, 11) is 0. The molecule has 0 aromatic heterocycles. The minimum absolute atomic E-state index is 0.749. The van der Waals surface area contributed by atoms with Gasteiger partial charge in [0, 0.05) is 0 Å². The highest BCUT2D eigenvalue weighted by atomic mass is 14.9. The molecule has 16 heavy (non-hydrogen) atoms. The molecule has 0 aromatic rings. The van der Waals surface area contributed by atoms with Gasteiger partial charge in [0.2, 0.25) is 0 Å². The Balaban J connectivity index is 1.62. The van der Waals surface area contributed by atoms with Crippen molar-refractivity contribution in [3.8, 4) is 0 Å². The SMILES string of the molecule is CC(C)C(C)CNCC1CC12CCNCC2. The second-order valence-corrected chi connectivity index (χ2v) is 6.39. The summed E-state index contributed by atoms with van der Waals surface area (Å²) in [6.07, 6.45) is 4.32. The van der Waals surface area contributed by atoms with Gasteiger partial charge in [-0.1, -0.05) is 20.8 Å². The summed E-state index contributed by atoms with van der Waals surface area (Å²) in [5, 5.41) is 7.15. The molecule has 0 radical (unpaired) electrons. The standard InChI is InChI=1S/C14H28N2/c1-11(2)12(3)9-16-10-13-8-14(13)4-6-15-7-5-14/h11-13,15-16H,4-10H2,1-3H3. The molecule has 2 aliphatic rings. The van der Waals surface area contributed by atoms with Crippen LogP contribution in [-0.2, 0) is 0 Å². The summed E-state index contributed by atoms with van der Waals surface area (Å²) >= 11 is 0. The molecule has 1 saturated heterocycles. The first-order valence-corrected chi connectivity index (χ1v) is 7.05. The molecule has 0 bridgehead atoms. The van der Waals surface area contributed by atoms with E-state index in [9.17, 15) is 0 Å². The monoisotopic (exact) mass is 224 g/mol. The Morgan fingerprint density at radius 3 is 2.56 bits per heavy atom. The molecule has 1 aliphatic heterocycles. The van der Waals surface area contributed by atoms with Gasteiger partial charge in [-0.3, -0.25) is 0 Å². The molecule has 2 fully saturated rings. The fraction of sp³-hybridized carbons (Fsp3) is 1.00.